The SMILES string of the molecule is N#Cc1cccc(C2(NC(=O)CSC(F)F)CC2)c1. The Morgan fingerprint density at radius 2 is 2.26 bits per heavy atom. The summed E-state index contributed by atoms with van der Waals surface area (Å²) in [6, 6.07) is 9.06. The van der Waals surface area contributed by atoms with Gasteiger partial charge < -0.3 is 5.32 Å². The van der Waals surface area contributed by atoms with E-state index in [0.717, 1.165) is 18.4 Å². The highest BCUT2D eigenvalue weighted by Crippen LogP contribution is 2.45. The zero-order chi connectivity index (χ0) is 13.9. The number of nitrogens with zero attached hydrogens (tertiary/aromatic N) is 1. The fraction of sp³-hybridized carbons (Fsp3) is 0.385. The Labute approximate surface area is 114 Å². The third-order valence-corrected chi connectivity index (χ3v) is 3.69. The number of rotatable bonds is 5. The highest BCUT2D eigenvalue weighted by Gasteiger charge is 2.45. The van der Waals surface area contributed by atoms with E-state index in [0.29, 0.717) is 17.3 Å². The molecule has 0 unspecified atom stereocenters. The number of thioether (sulfide) groups is 1. The zero-order valence-electron chi connectivity index (χ0n) is 10.0. The number of hydrogen-bond acceptors (Lipinski definition) is 3. The first kappa shape index (κ1) is 13.8. The summed E-state index contributed by atoms with van der Waals surface area (Å²) in [4.78, 5) is 11.6. The average Bonchev–Trinajstić information content (AvgIpc) is 3.17. The summed E-state index contributed by atoms with van der Waals surface area (Å²) in [5.74, 6) is -3.19. The van der Waals surface area contributed by atoms with Crippen molar-refractivity contribution in [1.82, 2.24) is 5.32 Å². The topological polar surface area (TPSA) is 52.9 Å². The second-order valence-corrected chi connectivity index (χ2v) is 5.37. The molecular formula is C13H12F2N2OS. The Bertz CT molecular complexity index is 524. The third-order valence-electron chi connectivity index (χ3n) is 3.01. The first-order valence-electron chi connectivity index (χ1n) is 5.77. The van der Waals surface area contributed by atoms with Crippen molar-refractivity contribution >= 4 is 17.7 Å². The Morgan fingerprint density at radius 3 is 2.84 bits per heavy atom. The van der Waals surface area contributed by atoms with Crippen molar-refractivity contribution in [3.8, 4) is 6.07 Å². The molecule has 100 valence electrons. The van der Waals surface area contributed by atoms with Gasteiger partial charge in [0.2, 0.25) is 5.91 Å². The first-order chi connectivity index (χ1) is 9.05. The molecule has 0 radical (unpaired) electrons. The molecule has 1 aliphatic rings. The van der Waals surface area contributed by atoms with Crippen LogP contribution in [0, 0.1) is 11.3 Å². The second-order valence-electron chi connectivity index (χ2n) is 4.39. The van der Waals surface area contributed by atoms with Gasteiger partial charge >= 0.3 is 0 Å². The van der Waals surface area contributed by atoms with E-state index in [-0.39, 0.29) is 5.75 Å². The van der Waals surface area contributed by atoms with Crippen LogP contribution in [0.15, 0.2) is 24.3 Å². The van der Waals surface area contributed by atoms with E-state index in [4.69, 9.17) is 5.26 Å². The molecule has 0 aliphatic heterocycles. The number of carbonyl (C=O) groups is 1. The van der Waals surface area contributed by atoms with Gasteiger partial charge in [0.15, 0.2) is 0 Å². The van der Waals surface area contributed by atoms with Crippen molar-refractivity contribution in [3.63, 3.8) is 0 Å². The van der Waals surface area contributed by atoms with Crippen molar-refractivity contribution in [3.05, 3.63) is 35.4 Å². The molecule has 0 heterocycles. The van der Waals surface area contributed by atoms with Crippen molar-refractivity contribution in [2.75, 3.05) is 5.75 Å². The van der Waals surface area contributed by atoms with Crippen LogP contribution in [0.3, 0.4) is 0 Å². The molecule has 1 aromatic carbocycles. The maximum absolute atomic E-state index is 12.0. The minimum absolute atomic E-state index is 0.253. The minimum Gasteiger partial charge on any atom is -0.346 e. The molecule has 6 heteroatoms. The molecule has 0 bridgehead atoms. The van der Waals surface area contributed by atoms with Crippen molar-refractivity contribution in [2.24, 2.45) is 0 Å². The number of carbonyl (C=O) groups excluding carboxylic acids is 1. The molecule has 1 aromatic rings. The Morgan fingerprint density at radius 1 is 1.53 bits per heavy atom. The lowest BCUT2D eigenvalue weighted by atomic mass is 10.0. The summed E-state index contributed by atoms with van der Waals surface area (Å²) in [6.07, 6.45) is 1.54. The van der Waals surface area contributed by atoms with Gasteiger partial charge in [-0.1, -0.05) is 23.9 Å². The van der Waals surface area contributed by atoms with Crippen LogP contribution in [-0.4, -0.2) is 17.4 Å². The maximum atomic E-state index is 12.0. The lowest BCUT2D eigenvalue weighted by Crippen LogP contribution is -2.36. The summed E-state index contributed by atoms with van der Waals surface area (Å²) in [5.41, 5.74) is 0.925. The summed E-state index contributed by atoms with van der Waals surface area (Å²) in [6.45, 7) is 0. The van der Waals surface area contributed by atoms with E-state index in [2.05, 4.69) is 5.32 Å². The normalized spacial score (nSPS) is 15.9. The van der Waals surface area contributed by atoms with Crippen LogP contribution in [0.4, 0.5) is 8.78 Å². The fourth-order valence-electron chi connectivity index (χ4n) is 1.94. The number of amides is 1. The Hall–Kier alpha value is -1.61. The summed E-state index contributed by atoms with van der Waals surface area (Å²) in [5, 5.41) is 11.6. The van der Waals surface area contributed by atoms with Crippen LogP contribution in [0.25, 0.3) is 0 Å². The van der Waals surface area contributed by atoms with E-state index < -0.39 is 17.2 Å². The van der Waals surface area contributed by atoms with Crippen LogP contribution in [0.5, 0.6) is 0 Å². The Kier molecular flexibility index (Phi) is 4.05. The quantitative estimate of drug-likeness (QED) is 0.903. The molecule has 3 nitrogen and oxygen atoms in total. The molecule has 1 saturated carbocycles. The number of alkyl halides is 2. The van der Waals surface area contributed by atoms with Crippen molar-refractivity contribution < 1.29 is 13.6 Å². The zero-order valence-corrected chi connectivity index (χ0v) is 10.8. The second kappa shape index (κ2) is 5.57. The van der Waals surface area contributed by atoms with Gasteiger partial charge in [0.1, 0.15) is 0 Å². The monoisotopic (exact) mass is 282 g/mol. The van der Waals surface area contributed by atoms with Gasteiger partial charge in [0.25, 0.3) is 5.76 Å². The highest BCUT2D eigenvalue weighted by molar-refractivity contribution is 8.00. The molecule has 0 aromatic heterocycles. The van der Waals surface area contributed by atoms with Crippen LogP contribution in [0.2, 0.25) is 0 Å². The smallest absolute Gasteiger partial charge is 0.285 e. The van der Waals surface area contributed by atoms with Crippen molar-refractivity contribution in [1.29, 1.82) is 5.26 Å². The molecule has 1 fully saturated rings. The summed E-state index contributed by atoms with van der Waals surface area (Å²) >= 11 is 0.313. The molecule has 19 heavy (non-hydrogen) atoms. The van der Waals surface area contributed by atoms with Crippen LogP contribution in [-0.2, 0) is 10.3 Å². The predicted molar refractivity (Wildman–Crippen MR) is 68.7 cm³/mol. The van der Waals surface area contributed by atoms with Gasteiger partial charge in [-0.3, -0.25) is 4.79 Å². The van der Waals surface area contributed by atoms with E-state index in [1.807, 2.05) is 12.1 Å². The summed E-state index contributed by atoms with van der Waals surface area (Å²) in [7, 11) is 0. The molecular weight excluding hydrogens is 270 g/mol. The van der Waals surface area contributed by atoms with E-state index in [9.17, 15) is 13.6 Å². The van der Waals surface area contributed by atoms with Gasteiger partial charge in [0.05, 0.1) is 22.9 Å². The number of hydrogen-bond donors (Lipinski definition) is 1. The van der Waals surface area contributed by atoms with Gasteiger partial charge in [-0.25, -0.2) is 0 Å². The number of nitrogens with one attached hydrogen (secondary N) is 1. The van der Waals surface area contributed by atoms with E-state index >= 15 is 0 Å². The third kappa shape index (κ3) is 3.44. The number of halogens is 2. The predicted octanol–water partition coefficient (Wildman–Crippen LogP) is 2.62. The lowest BCUT2D eigenvalue weighted by molar-refractivity contribution is -0.119. The molecule has 0 spiro atoms. The largest absolute Gasteiger partial charge is 0.346 e. The maximum Gasteiger partial charge on any atom is 0.285 e. The van der Waals surface area contributed by atoms with E-state index in [1.54, 1.807) is 18.2 Å². The van der Waals surface area contributed by atoms with E-state index in [1.165, 1.54) is 0 Å². The number of nitriles is 1. The molecule has 1 N–H and O–H groups in total. The molecule has 1 amide bonds. The molecule has 0 atom stereocenters. The molecule has 0 saturated heterocycles. The van der Waals surface area contributed by atoms with Crippen LogP contribution >= 0.6 is 11.8 Å². The fourth-order valence-corrected chi connectivity index (χ4v) is 2.29. The standard InChI is InChI=1S/C13H12F2N2OS/c14-12(15)19-8-11(18)17-13(4-5-13)10-3-1-2-9(6-10)7-16/h1-3,6,12H,4-5,8H2,(H,17,18). The van der Waals surface area contributed by atoms with Gasteiger partial charge in [-0.15, -0.1) is 0 Å². The lowest BCUT2D eigenvalue weighted by Gasteiger charge is -2.18. The number of benzene rings is 1. The van der Waals surface area contributed by atoms with Gasteiger partial charge in [-0.2, -0.15) is 14.0 Å². The molecule has 2 rings (SSSR count). The Balaban J connectivity index is 2.03. The minimum atomic E-state index is -2.54. The average molecular weight is 282 g/mol. The van der Waals surface area contributed by atoms with Crippen LogP contribution in [0.1, 0.15) is 24.0 Å². The van der Waals surface area contributed by atoms with Gasteiger partial charge in [0, 0.05) is 0 Å². The van der Waals surface area contributed by atoms with Crippen LogP contribution < -0.4 is 5.32 Å². The first-order valence-corrected chi connectivity index (χ1v) is 6.82. The highest BCUT2D eigenvalue weighted by atomic mass is 32.2. The molecule has 1 aliphatic carbocycles. The van der Waals surface area contributed by atoms with Gasteiger partial charge in [-0.05, 0) is 30.5 Å². The summed E-state index contributed by atoms with van der Waals surface area (Å²) < 4.78 is 24.0. The van der Waals surface area contributed by atoms with Crippen molar-refractivity contribution in [2.45, 2.75) is 24.1 Å².